The second-order valence-electron chi connectivity index (χ2n) is 9.04. The Balaban J connectivity index is 0.000000127. The third-order valence-corrected chi connectivity index (χ3v) is 6.62. The molecule has 0 N–H and O–H groups in total. The molecule has 0 bridgehead atoms. The Kier molecular flexibility index (Phi) is 5.40. The van der Waals surface area contributed by atoms with E-state index in [0.29, 0.717) is 0 Å². The first-order valence-corrected chi connectivity index (χ1v) is 12.5. The van der Waals surface area contributed by atoms with Gasteiger partial charge in [-0.3, -0.25) is 4.99 Å². The van der Waals surface area contributed by atoms with Crippen LogP contribution in [0.15, 0.2) is 124 Å². The maximum absolute atomic E-state index is 6.08. The van der Waals surface area contributed by atoms with E-state index in [-0.39, 0.29) is 0 Å². The van der Waals surface area contributed by atoms with Gasteiger partial charge in [0.1, 0.15) is 10.8 Å². The van der Waals surface area contributed by atoms with E-state index >= 15 is 0 Å². The number of hydrogen-bond donors (Lipinski definition) is 0. The van der Waals surface area contributed by atoms with E-state index in [1.165, 1.54) is 10.8 Å². The van der Waals surface area contributed by atoms with Crippen LogP contribution in [0.2, 0.25) is 0 Å². The molecule has 0 saturated carbocycles. The SMILES string of the molecule is C1=C\c2c3ccccc3cn2/N=c2/cccc/c2=N/1.C1=Cc2ccnn3cc4ccccc4c3oc2=CC1. The van der Waals surface area contributed by atoms with Gasteiger partial charge in [-0.15, -0.1) is 0 Å². The smallest absolute Gasteiger partial charge is 0.228 e. The summed E-state index contributed by atoms with van der Waals surface area (Å²) < 4.78 is 9.80. The van der Waals surface area contributed by atoms with Crippen LogP contribution in [-0.2, 0) is 0 Å². The van der Waals surface area contributed by atoms with Gasteiger partial charge in [-0.05, 0) is 42.8 Å². The Labute approximate surface area is 217 Å². The first-order valence-electron chi connectivity index (χ1n) is 12.5. The molecule has 2 aliphatic rings. The first-order chi connectivity index (χ1) is 18.8. The molecule has 0 unspecified atom stereocenters. The third-order valence-electron chi connectivity index (χ3n) is 6.62. The summed E-state index contributed by atoms with van der Waals surface area (Å²) in [5.41, 5.74) is 3.80. The average Bonchev–Trinajstić information content (AvgIpc) is 3.45. The van der Waals surface area contributed by atoms with Crippen molar-refractivity contribution < 1.29 is 4.42 Å². The number of hydrogen-bond acceptors (Lipinski definition) is 4. The quantitative estimate of drug-likeness (QED) is 0.283. The lowest BCUT2D eigenvalue weighted by molar-refractivity contribution is 0.540. The van der Waals surface area contributed by atoms with Crippen LogP contribution >= 0.6 is 0 Å². The van der Waals surface area contributed by atoms with Crippen LogP contribution in [0.25, 0.3) is 45.5 Å². The van der Waals surface area contributed by atoms with Gasteiger partial charge in [0.25, 0.3) is 0 Å². The molecule has 3 aromatic carbocycles. The Morgan fingerprint density at radius 3 is 2.39 bits per heavy atom. The molecule has 182 valence electrons. The van der Waals surface area contributed by atoms with E-state index in [1.54, 1.807) is 4.52 Å². The summed E-state index contributed by atoms with van der Waals surface area (Å²) >= 11 is 0. The number of aromatic nitrogens is 3. The van der Waals surface area contributed by atoms with Gasteiger partial charge in [0.2, 0.25) is 5.71 Å². The minimum atomic E-state index is 0.777. The standard InChI is InChI=1S/C16H11N3.C16H12N2O/c1-2-6-13-12(5-1)11-19-16(13)9-10-17-14-7-3-4-8-15(14)18-19;1-3-7-14-13(6-1)11-18-16(14)19-15-8-4-2-5-12(15)9-10-17-18/h1-11H;1-3,5-11H,4H2/b10-9-,17-14-,18-15-;. The van der Waals surface area contributed by atoms with E-state index in [2.05, 4.69) is 63.9 Å². The minimum absolute atomic E-state index is 0.777. The fraction of sp³-hybridized carbons (Fsp3) is 0.0312. The summed E-state index contributed by atoms with van der Waals surface area (Å²) in [4.78, 5) is 4.44. The van der Waals surface area contributed by atoms with Gasteiger partial charge in [0.05, 0.1) is 11.1 Å². The number of benzene rings is 3. The maximum Gasteiger partial charge on any atom is 0.228 e. The van der Waals surface area contributed by atoms with Gasteiger partial charge in [-0.1, -0.05) is 66.7 Å². The molecule has 4 heterocycles. The highest BCUT2D eigenvalue weighted by atomic mass is 16.3. The molecule has 0 amide bonds. The molecule has 8 rings (SSSR count). The lowest BCUT2D eigenvalue weighted by Crippen LogP contribution is -2.26. The topological polar surface area (TPSA) is 60.1 Å². The molecule has 0 atom stereocenters. The summed E-state index contributed by atoms with van der Waals surface area (Å²) in [5, 5.41) is 15.4. The molecule has 1 aliphatic heterocycles. The first kappa shape index (κ1) is 22.0. The molecule has 0 fully saturated rings. The fourth-order valence-electron chi connectivity index (χ4n) is 4.78. The predicted octanol–water partition coefficient (Wildman–Crippen LogP) is 5.45. The van der Waals surface area contributed by atoms with Crippen molar-refractivity contribution in [1.82, 2.24) is 14.3 Å². The molecule has 0 saturated heterocycles. The van der Waals surface area contributed by atoms with Crippen LogP contribution < -0.4 is 16.1 Å². The Morgan fingerprint density at radius 2 is 1.50 bits per heavy atom. The lowest BCUT2D eigenvalue weighted by Gasteiger charge is -2.00. The van der Waals surface area contributed by atoms with Crippen LogP contribution in [0.5, 0.6) is 0 Å². The zero-order chi connectivity index (χ0) is 25.3. The van der Waals surface area contributed by atoms with E-state index in [9.17, 15) is 0 Å². The van der Waals surface area contributed by atoms with Gasteiger partial charge < -0.3 is 4.42 Å². The van der Waals surface area contributed by atoms with Crippen LogP contribution in [0.1, 0.15) is 17.7 Å². The van der Waals surface area contributed by atoms with E-state index in [4.69, 9.17) is 4.42 Å². The van der Waals surface area contributed by atoms with Gasteiger partial charge in [0.15, 0.2) is 0 Å². The lowest BCUT2D eigenvalue weighted by atomic mass is 10.1. The van der Waals surface area contributed by atoms with Gasteiger partial charge in [-0.25, -0.2) is 9.19 Å². The minimum Gasteiger partial charge on any atom is -0.438 e. The van der Waals surface area contributed by atoms with Gasteiger partial charge in [0, 0.05) is 51.9 Å². The molecule has 6 aromatic rings. The molecule has 1 aliphatic carbocycles. The molecule has 6 nitrogen and oxygen atoms in total. The fourth-order valence-corrected chi connectivity index (χ4v) is 4.78. The molecule has 38 heavy (non-hydrogen) atoms. The summed E-state index contributed by atoms with van der Waals surface area (Å²) in [5.74, 6) is 0. The summed E-state index contributed by atoms with van der Waals surface area (Å²) in [6, 6.07) is 26.3. The van der Waals surface area contributed by atoms with Crippen molar-refractivity contribution in [3.8, 4) is 0 Å². The highest BCUT2D eigenvalue weighted by Gasteiger charge is 2.07. The van der Waals surface area contributed by atoms with Crippen molar-refractivity contribution in [2.24, 2.45) is 10.1 Å². The average molecular weight is 494 g/mol. The van der Waals surface area contributed by atoms with Crippen molar-refractivity contribution in [3.05, 3.63) is 137 Å². The highest BCUT2D eigenvalue weighted by Crippen LogP contribution is 2.22. The molecular formula is C32H23N5O. The van der Waals surface area contributed by atoms with Crippen molar-refractivity contribution in [3.63, 3.8) is 0 Å². The van der Waals surface area contributed by atoms with Crippen LogP contribution in [0, 0.1) is 0 Å². The van der Waals surface area contributed by atoms with Crippen molar-refractivity contribution in [2.45, 2.75) is 6.42 Å². The van der Waals surface area contributed by atoms with Crippen molar-refractivity contribution in [2.75, 3.05) is 0 Å². The second kappa shape index (κ2) is 9.33. The second-order valence-corrected chi connectivity index (χ2v) is 9.04. The Morgan fingerprint density at radius 1 is 0.737 bits per heavy atom. The Bertz CT molecular complexity index is 2120. The molecule has 3 aromatic heterocycles. The van der Waals surface area contributed by atoms with Crippen LogP contribution in [0.4, 0.5) is 0 Å². The van der Waals surface area contributed by atoms with E-state index < -0.39 is 0 Å². The van der Waals surface area contributed by atoms with Gasteiger partial charge in [-0.2, -0.15) is 10.2 Å². The summed E-state index contributed by atoms with van der Waals surface area (Å²) in [6.07, 6.45) is 16.9. The third kappa shape index (κ3) is 3.98. The molecular weight excluding hydrogens is 470 g/mol. The zero-order valence-corrected chi connectivity index (χ0v) is 20.5. The van der Waals surface area contributed by atoms with Gasteiger partial charge >= 0.3 is 0 Å². The maximum atomic E-state index is 6.08. The van der Waals surface area contributed by atoms with E-state index in [1.807, 2.05) is 83.9 Å². The van der Waals surface area contributed by atoms with E-state index in [0.717, 1.165) is 50.3 Å². The number of para-hydroxylation sites is 1. The van der Waals surface area contributed by atoms with Crippen molar-refractivity contribution >= 4 is 45.5 Å². The van der Waals surface area contributed by atoms with Crippen molar-refractivity contribution in [1.29, 1.82) is 0 Å². The Hall–Kier alpha value is -5.23. The van der Waals surface area contributed by atoms with Crippen LogP contribution in [0.3, 0.4) is 0 Å². The molecule has 0 radical (unpaired) electrons. The summed E-state index contributed by atoms with van der Waals surface area (Å²) in [6.45, 7) is 0. The number of allylic oxidation sites excluding steroid dienone is 1. The molecule has 6 heteroatoms. The largest absolute Gasteiger partial charge is 0.438 e. The highest BCUT2D eigenvalue weighted by molar-refractivity contribution is 5.94. The number of rotatable bonds is 0. The zero-order valence-electron chi connectivity index (χ0n) is 20.5. The number of nitrogens with zero attached hydrogens (tertiary/aromatic N) is 5. The van der Waals surface area contributed by atoms with Crippen LogP contribution in [-0.4, -0.2) is 14.3 Å². The monoisotopic (exact) mass is 493 g/mol. The predicted molar refractivity (Wildman–Crippen MR) is 151 cm³/mol. The molecule has 0 spiro atoms. The number of fused-ring (bicyclic) bond motifs is 8. The normalized spacial score (nSPS) is 15.7. The summed E-state index contributed by atoms with van der Waals surface area (Å²) in [7, 11) is 0.